The number of carboxylic acids is 1. The molecule has 0 spiro atoms. The second-order valence-electron chi connectivity index (χ2n) is 5.54. The molecule has 0 aliphatic heterocycles. The summed E-state index contributed by atoms with van der Waals surface area (Å²) in [6.07, 6.45) is 8.88. The molecule has 2 aliphatic rings. The minimum Gasteiger partial charge on any atom is -0.481 e. The number of nitrogens with one attached hydrogen (secondary N) is 1. The van der Waals surface area contributed by atoms with Crippen molar-refractivity contribution in [2.45, 2.75) is 70.4 Å². The molecule has 3 nitrogen and oxygen atoms in total. The van der Waals surface area contributed by atoms with Crippen molar-refractivity contribution in [2.24, 2.45) is 5.41 Å². The van der Waals surface area contributed by atoms with Crippen LogP contribution in [0.2, 0.25) is 0 Å². The monoisotopic (exact) mass is 225 g/mol. The van der Waals surface area contributed by atoms with Gasteiger partial charge in [0.25, 0.3) is 0 Å². The number of hydrogen-bond donors (Lipinski definition) is 2. The zero-order valence-electron chi connectivity index (χ0n) is 10.2. The lowest BCUT2D eigenvalue weighted by Crippen LogP contribution is -2.49. The summed E-state index contributed by atoms with van der Waals surface area (Å²) in [5, 5.41) is 13.0. The third-order valence-electron chi connectivity index (χ3n) is 4.59. The molecule has 0 bridgehead atoms. The van der Waals surface area contributed by atoms with Gasteiger partial charge in [-0.3, -0.25) is 4.79 Å². The van der Waals surface area contributed by atoms with Gasteiger partial charge in [-0.1, -0.05) is 25.7 Å². The van der Waals surface area contributed by atoms with E-state index in [0.29, 0.717) is 6.04 Å². The number of aliphatic carboxylic acids is 1. The zero-order chi connectivity index (χ0) is 11.6. The highest BCUT2D eigenvalue weighted by molar-refractivity contribution is 5.76. The minimum absolute atomic E-state index is 0.121. The van der Waals surface area contributed by atoms with Crippen LogP contribution < -0.4 is 5.32 Å². The minimum atomic E-state index is -0.594. The summed E-state index contributed by atoms with van der Waals surface area (Å²) in [7, 11) is 0. The first-order chi connectivity index (χ1) is 7.65. The van der Waals surface area contributed by atoms with E-state index in [0.717, 1.165) is 25.7 Å². The molecular weight excluding hydrogens is 202 g/mol. The predicted molar refractivity (Wildman–Crippen MR) is 63.4 cm³/mol. The lowest BCUT2D eigenvalue weighted by Gasteiger charge is -2.33. The van der Waals surface area contributed by atoms with Crippen molar-refractivity contribution in [3.8, 4) is 0 Å². The van der Waals surface area contributed by atoms with Crippen LogP contribution in [0.1, 0.15) is 58.3 Å². The van der Waals surface area contributed by atoms with Gasteiger partial charge < -0.3 is 10.4 Å². The third kappa shape index (κ3) is 2.10. The average molecular weight is 225 g/mol. The largest absolute Gasteiger partial charge is 0.481 e. The smallest absolute Gasteiger partial charge is 0.311 e. The van der Waals surface area contributed by atoms with E-state index in [-0.39, 0.29) is 6.04 Å². The standard InChI is InChI=1S/C13H23NO2/c1-10(14-11-6-2-3-7-11)13(12(15)16)8-4-5-9-13/h10-11,14H,2-9H2,1H3,(H,15,16). The molecule has 1 unspecified atom stereocenters. The van der Waals surface area contributed by atoms with Crippen molar-refractivity contribution in [1.82, 2.24) is 5.32 Å². The number of hydrogen-bond acceptors (Lipinski definition) is 2. The highest BCUT2D eigenvalue weighted by Gasteiger charge is 2.46. The van der Waals surface area contributed by atoms with Crippen LogP contribution >= 0.6 is 0 Å². The Kier molecular flexibility index (Phi) is 3.53. The van der Waals surface area contributed by atoms with Gasteiger partial charge in [-0.25, -0.2) is 0 Å². The topological polar surface area (TPSA) is 49.3 Å². The van der Waals surface area contributed by atoms with Crippen molar-refractivity contribution in [2.75, 3.05) is 0 Å². The maximum absolute atomic E-state index is 11.5. The molecule has 0 heterocycles. The maximum atomic E-state index is 11.5. The Balaban J connectivity index is 1.99. The van der Waals surface area contributed by atoms with Gasteiger partial charge in [0.05, 0.1) is 5.41 Å². The third-order valence-corrected chi connectivity index (χ3v) is 4.59. The highest BCUT2D eigenvalue weighted by Crippen LogP contribution is 2.41. The zero-order valence-corrected chi connectivity index (χ0v) is 10.2. The van der Waals surface area contributed by atoms with E-state index in [2.05, 4.69) is 12.2 Å². The fourth-order valence-corrected chi connectivity index (χ4v) is 3.44. The fraction of sp³-hybridized carbons (Fsp3) is 0.923. The molecule has 2 aliphatic carbocycles. The van der Waals surface area contributed by atoms with Gasteiger partial charge in [0, 0.05) is 12.1 Å². The Hall–Kier alpha value is -0.570. The molecule has 2 rings (SSSR count). The van der Waals surface area contributed by atoms with E-state index in [1.54, 1.807) is 0 Å². The van der Waals surface area contributed by atoms with E-state index >= 15 is 0 Å². The second-order valence-corrected chi connectivity index (χ2v) is 5.54. The predicted octanol–water partition coefficient (Wildman–Crippen LogP) is 2.55. The lowest BCUT2D eigenvalue weighted by atomic mass is 9.79. The fourth-order valence-electron chi connectivity index (χ4n) is 3.44. The number of carbonyl (C=O) groups is 1. The number of carboxylic acid groups (broad SMARTS) is 1. The quantitative estimate of drug-likeness (QED) is 0.773. The molecule has 0 radical (unpaired) electrons. The van der Waals surface area contributed by atoms with Gasteiger partial charge in [0.2, 0.25) is 0 Å². The van der Waals surface area contributed by atoms with E-state index in [4.69, 9.17) is 0 Å². The maximum Gasteiger partial charge on any atom is 0.311 e. The van der Waals surface area contributed by atoms with Crippen LogP contribution in [0.3, 0.4) is 0 Å². The van der Waals surface area contributed by atoms with Gasteiger partial charge in [-0.2, -0.15) is 0 Å². The van der Waals surface area contributed by atoms with Gasteiger partial charge in [-0.15, -0.1) is 0 Å². The molecule has 2 fully saturated rings. The molecule has 0 aromatic rings. The summed E-state index contributed by atoms with van der Waals surface area (Å²) in [6.45, 7) is 2.07. The van der Waals surface area contributed by atoms with Crippen molar-refractivity contribution in [3.63, 3.8) is 0 Å². The average Bonchev–Trinajstić information content (AvgIpc) is 2.87. The first-order valence-corrected chi connectivity index (χ1v) is 6.64. The normalized spacial score (nSPS) is 27.1. The van der Waals surface area contributed by atoms with Crippen molar-refractivity contribution < 1.29 is 9.90 Å². The Morgan fingerprint density at radius 3 is 2.31 bits per heavy atom. The van der Waals surface area contributed by atoms with Crippen molar-refractivity contribution in [3.05, 3.63) is 0 Å². The van der Waals surface area contributed by atoms with Crippen LogP contribution in [-0.2, 0) is 4.79 Å². The summed E-state index contributed by atoms with van der Waals surface area (Å²) < 4.78 is 0. The van der Waals surface area contributed by atoms with Gasteiger partial charge in [0.15, 0.2) is 0 Å². The summed E-state index contributed by atoms with van der Waals surface area (Å²) >= 11 is 0. The Morgan fingerprint density at radius 2 is 1.81 bits per heavy atom. The molecule has 92 valence electrons. The molecule has 0 saturated heterocycles. The lowest BCUT2D eigenvalue weighted by molar-refractivity contribution is -0.150. The molecular formula is C13H23NO2. The second kappa shape index (κ2) is 4.74. The SMILES string of the molecule is CC(NC1CCCC1)C1(C(=O)O)CCCC1. The Bertz CT molecular complexity index is 253. The molecule has 0 aromatic carbocycles. The first kappa shape index (κ1) is 11.9. The Morgan fingerprint density at radius 1 is 1.25 bits per heavy atom. The molecule has 16 heavy (non-hydrogen) atoms. The van der Waals surface area contributed by atoms with Crippen molar-refractivity contribution in [1.29, 1.82) is 0 Å². The van der Waals surface area contributed by atoms with Crippen LogP contribution in [0.25, 0.3) is 0 Å². The van der Waals surface area contributed by atoms with E-state index < -0.39 is 11.4 Å². The van der Waals surface area contributed by atoms with Crippen LogP contribution in [0, 0.1) is 5.41 Å². The summed E-state index contributed by atoms with van der Waals surface area (Å²) in [6, 6.07) is 0.683. The molecule has 2 N–H and O–H groups in total. The van der Waals surface area contributed by atoms with Crippen LogP contribution in [0.5, 0.6) is 0 Å². The van der Waals surface area contributed by atoms with Gasteiger partial charge in [-0.05, 0) is 32.6 Å². The highest BCUT2D eigenvalue weighted by atomic mass is 16.4. The first-order valence-electron chi connectivity index (χ1n) is 6.64. The molecule has 1 atom stereocenters. The van der Waals surface area contributed by atoms with E-state index in [1.165, 1.54) is 25.7 Å². The summed E-state index contributed by atoms with van der Waals surface area (Å²) in [4.78, 5) is 11.5. The molecule has 3 heteroatoms. The van der Waals surface area contributed by atoms with Gasteiger partial charge in [0.1, 0.15) is 0 Å². The van der Waals surface area contributed by atoms with Gasteiger partial charge >= 0.3 is 5.97 Å². The van der Waals surface area contributed by atoms with Crippen molar-refractivity contribution >= 4 is 5.97 Å². The van der Waals surface area contributed by atoms with Crippen LogP contribution in [0.15, 0.2) is 0 Å². The van der Waals surface area contributed by atoms with Crippen LogP contribution in [0.4, 0.5) is 0 Å². The summed E-state index contributed by atoms with van der Waals surface area (Å²) in [5.41, 5.74) is -0.484. The molecule has 2 saturated carbocycles. The molecule has 0 aromatic heterocycles. The number of rotatable bonds is 4. The summed E-state index contributed by atoms with van der Waals surface area (Å²) in [5.74, 6) is -0.594. The molecule has 0 amide bonds. The van der Waals surface area contributed by atoms with E-state index in [1.807, 2.05) is 0 Å². The van der Waals surface area contributed by atoms with E-state index in [9.17, 15) is 9.90 Å². The van der Waals surface area contributed by atoms with Crippen LogP contribution in [-0.4, -0.2) is 23.2 Å². The Labute approximate surface area is 97.6 Å².